The van der Waals surface area contributed by atoms with Gasteiger partial charge in [0.1, 0.15) is 11.4 Å². The van der Waals surface area contributed by atoms with Gasteiger partial charge in [-0.05, 0) is 42.7 Å². The van der Waals surface area contributed by atoms with Gasteiger partial charge in [0.2, 0.25) is 0 Å². The van der Waals surface area contributed by atoms with Gasteiger partial charge in [-0.25, -0.2) is 4.63 Å². The average Bonchev–Trinajstić information content (AvgIpc) is 2.97. The van der Waals surface area contributed by atoms with Crippen molar-refractivity contribution in [2.24, 2.45) is 11.3 Å². The molecule has 6 nitrogen and oxygen atoms in total. The molecule has 1 aromatic heterocycles. The molecule has 0 fully saturated rings. The molecule has 1 aliphatic rings. The first-order chi connectivity index (χ1) is 13.7. The van der Waals surface area contributed by atoms with Crippen molar-refractivity contribution in [1.82, 2.24) is 10.3 Å². The van der Waals surface area contributed by atoms with Gasteiger partial charge in [0.05, 0.1) is 0 Å². The summed E-state index contributed by atoms with van der Waals surface area (Å²) in [7, 11) is 0.889. The molecule has 0 amide bonds. The van der Waals surface area contributed by atoms with Gasteiger partial charge in [-0.2, -0.15) is 0 Å². The van der Waals surface area contributed by atoms with Crippen molar-refractivity contribution in [2.75, 3.05) is 7.05 Å². The van der Waals surface area contributed by atoms with E-state index in [0.29, 0.717) is 11.3 Å². The lowest BCUT2D eigenvalue weighted by Gasteiger charge is -2.27. The average molecular weight is 408 g/mol. The summed E-state index contributed by atoms with van der Waals surface area (Å²) in [4.78, 5) is 8.31. The third kappa shape index (κ3) is 11.4. The van der Waals surface area contributed by atoms with E-state index < -0.39 is 4.92 Å². The van der Waals surface area contributed by atoms with Crippen molar-refractivity contribution in [3.8, 4) is 0 Å². The van der Waals surface area contributed by atoms with Crippen LogP contribution in [0, 0.1) is 21.4 Å². The maximum Gasteiger partial charge on any atom is 0.194 e. The number of hydrogen-bond donors (Lipinski definition) is 0. The van der Waals surface area contributed by atoms with Gasteiger partial charge >= 0.3 is 0 Å². The van der Waals surface area contributed by atoms with Crippen molar-refractivity contribution < 1.29 is 9.55 Å². The molecule has 0 bridgehead atoms. The van der Waals surface area contributed by atoms with Gasteiger partial charge in [-0.3, -0.25) is 10.1 Å². The predicted octanol–water partition coefficient (Wildman–Crippen LogP) is 7.09. The Labute approximate surface area is 177 Å². The summed E-state index contributed by atoms with van der Waals surface area (Å²) in [5.74, 6) is 0.821. The topological polar surface area (TPSA) is 82.1 Å². The van der Waals surface area contributed by atoms with Crippen LogP contribution in [0.15, 0.2) is 34.5 Å². The fourth-order valence-corrected chi connectivity index (χ4v) is 2.80. The zero-order valence-corrected chi connectivity index (χ0v) is 20.0. The zero-order chi connectivity index (χ0) is 23.0. The molecular formula is C23H41N3O3. The lowest BCUT2D eigenvalue weighted by atomic mass is 9.78. The third-order valence-electron chi connectivity index (χ3n) is 4.27. The molecule has 0 spiro atoms. The summed E-state index contributed by atoms with van der Waals surface area (Å²) in [6, 6.07) is 0. The molecule has 166 valence electrons. The molecule has 0 radical (unpaired) electrons. The summed E-state index contributed by atoms with van der Waals surface area (Å²) in [6.45, 7) is 19.1. The maximum absolute atomic E-state index is 8.81. The molecule has 0 saturated carbocycles. The second kappa shape index (κ2) is 15.7. The Morgan fingerprint density at radius 3 is 2.28 bits per heavy atom. The van der Waals surface area contributed by atoms with Gasteiger partial charge in [0.15, 0.2) is 7.05 Å². The van der Waals surface area contributed by atoms with Crippen LogP contribution in [-0.4, -0.2) is 22.3 Å². The van der Waals surface area contributed by atoms with Crippen molar-refractivity contribution in [3.05, 3.63) is 51.4 Å². The Morgan fingerprint density at radius 1 is 1.24 bits per heavy atom. The Morgan fingerprint density at radius 2 is 1.79 bits per heavy atom. The van der Waals surface area contributed by atoms with Crippen molar-refractivity contribution in [3.63, 3.8) is 0 Å². The van der Waals surface area contributed by atoms with Gasteiger partial charge < -0.3 is 0 Å². The van der Waals surface area contributed by atoms with E-state index in [1.165, 1.54) is 12.0 Å². The summed E-state index contributed by atoms with van der Waals surface area (Å²) < 4.78 is 4.91. The highest BCUT2D eigenvalue weighted by atomic mass is 16.6. The summed E-state index contributed by atoms with van der Waals surface area (Å²) in [6.07, 6.45) is 13.2. The first-order valence-electron chi connectivity index (χ1n) is 10.6. The largest absolute Gasteiger partial charge is 0.265 e. The van der Waals surface area contributed by atoms with Crippen LogP contribution in [0.5, 0.6) is 0 Å². The first kappa shape index (κ1) is 29.0. The standard InChI is InChI=1S/C18H26N2O.2C2H6.CH3NO2/c1-6-8-16-17(20-21-19-16)13(2)14-9-7-10-15(12-11-14)18(3,4)5;2*1-2;1-2(3)4/h6,8-9,11-13,15H,7,10H2,1-5H3;2*1-2H3;1H3/b8-6-;;;. The van der Waals surface area contributed by atoms with Gasteiger partial charge in [0.25, 0.3) is 0 Å². The molecule has 1 aromatic rings. The highest BCUT2D eigenvalue weighted by Gasteiger charge is 2.24. The Hall–Kier alpha value is -2.24. The Bertz CT molecular complexity index is 649. The van der Waals surface area contributed by atoms with Gasteiger partial charge in [-0.15, -0.1) is 0 Å². The minimum Gasteiger partial charge on any atom is -0.265 e. The van der Waals surface area contributed by atoms with Crippen molar-refractivity contribution >= 4 is 6.08 Å². The van der Waals surface area contributed by atoms with E-state index in [4.69, 9.17) is 14.7 Å². The zero-order valence-electron chi connectivity index (χ0n) is 20.0. The first-order valence-corrected chi connectivity index (χ1v) is 10.6. The number of nitrogens with zero attached hydrogens (tertiary/aromatic N) is 3. The molecule has 2 rings (SSSR count). The molecule has 2 unspecified atom stereocenters. The minimum atomic E-state index is -0.500. The molecule has 29 heavy (non-hydrogen) atoms. The second-order valence-corrected chi connectivity index (χ2v) is 7.31. The molecule has 0 aromatic carbocycles. The Kier molecular flexibility index (Phi) is 15.6. The van der Waals surface area contributed by atoms with E-state index in [9.17, 15) is 0 Å². The SMILES string of the molecule is C/C=C\c1nonc1C(C)C1=CCCC(C(C)(C)C)C=C1.CC.CC.C[N+](=O)[O-]. The molecular weight excluding hydrogens is 366 g/mol. The lowest BCUT2D eigenvalue weighted by molar-refractivity contribution is -0.445. The third-order valence-corrected chi connectivity index (χ3v) is 4.27. The normalized spacial score (nSPS) is 16.8. The molecule has 1 aliphatic carbocycles. The highest BCUT2D eigenvalue weighted by molar-refractivity contribution is 5.49. The molecule has 0 N–H and O–H groups in total. The second-order valence-electron chi connectivity index (χ2n) is 7.31. The van der Waals surface area contributed by atoms with Crippen LogP contribution < -0.4 is 0 Å². The highest BCUT2D eigenvalue weighted by Crippen LogP contribution is 2.35. The summed E-state index contributed by atoms with van der Waals surface area (Å²) in [5.41, 5.74) is 3.37. The van der Waals surface area contributed by atoms with Crippen LogP contribution in [0.4, 0.5) is 0 Å². The minimum absolute atomic E-state index is 0.206. The smallest absolute Gasteiger partial charge is 0.194 e. The van der Waals surface area contributed by atoms with Gasteiger partial charge in [0, 0.05) is 10.8 Å². The van der Waals surface area contributed by atoms with E-state index in [0.717, 1.165) is 24.9 Å². The van der Waals surface area contributed by atoms with Gasteiger partial charge in [-0.1, -0.05) is 90.0 Å². The predicted molar refractivity (Wildman–Crippen MR) is 122 cm³/mol. The lowest BCUT2D eigenvalue weighted by Crippen LogP contribution is -2.17. The van der Waals surface area contributed by atoms with E-state index in [2.05, 4.69) is 56.2 Å². The summed E-state index contributed by atoms with van der Waals surface area (Å²) >= 11 is 0. The van der Waals surface area contributed by atoms with Crippen LogP contribution in [0.2, 0.25) is 0 Å². The van der Waals surface area contributed by atoms with Crippen LogP contribution in [0.1, 0.15) is 92.5 Å². The fraction of sp³-hybridized carbons (Fsp3) is 0.652. The number of allylic oxidation sites excluding steroid dienone is 5. The van der Waals surface area contributed by atoms with E-state index in [1.54, 1.807) is 0 Å². The number of hydrogen-bond acceptors (Lipinski definition) is 5. The maximum atomic E-state index is 8.81. The molecule has 2 atom stereocenters. The van der Waals surface area contributed by atoms with E-state index >= 15 is 0 Å². The van der Waals surface area contributed by atoms with E-state index in [-0.39, 0.29) is 5.92 Å². The molecule has 0 saturated heterocycles. The fourth-order valence-electron chi connectivity index (χ4n) is 2.80. The number of nitro groups is 1. The van der Waals surface area contributed by atoms with Crippen LogP contribution in [0.25, 0.3) is 6.08 Å². The molecule has 6 heteroatoms. The monoisotopic (exact) mass is 407 g/mol. The molecule has 0 aliphatic heterocycles. The van der Waals surface area contributed by atoms with Crippen LogP contribution >= 0.6 is 0 Å². The quantitative estimate of drug-likeness (QED) is 0.394. The van der Waals surface area contributed by atoms with Crippen LogP contribution in [-0.2, 0) is 0 Å². The van der Waals surface area contributed by atoms with Crippen LogP contribution in [0.3, 0.4) is 0 Å². The summed E-state index contributed by atoms with van der Waals surface area (Å²) in [5, 5.41) is 16.9. The Balaban J connectivity index is 0. The number of aromatic nitrogens is 2. The van der Waals surface area contributed by atoms with Crippen molar-refractivity contribution in [2.45, 2.75) is 81.1 Å². The molecule has 1 heterocycles. The van der Waals surface area contributed by atoms with E-state index in [1.807, 2.05) is 46.8 Å². The van der Waals surface area contributed by atoms with Crippen molar-refractivity contribution in [1.29, 1.82) is 0 Å². The number of rotatable bonds is 3.